The molecule has 2 rings (SSSR count). The van der Waals surface area contributed by atoms with Crippen molar-refractivity contribution in [1.82, 2.24) is 5.32 Å². The van der Waals surface area contributed by atoms with E-state index in [1.54, 1.807) is 0 Å². The summed E-state index contributed by atoms with van der Waals surface area (Å²) in [5, 5.41) is 9.62. The molecule has 0 bridgehead atoms. The fourth-order valence-corrected chi connectivity index (χ4v) is 5.22. The van der Waals surface area contributed by atoms with E-state index in [-0.39, 0.29) is 6.03 Å². The van der Waals surface area contributed by atoms with Gasteiger partial charge in [0, 0.05) is 24.0 Å². The number of carbonyl (C=O) groups excluding carboxylic acids is 1. The van der Waals surface area contributed by atoms with E-state index in [9.17, 15) is 4.79 Å². The highest BCUT2D eigenvalue weighted by Gasteiger charge is 2.13. The Morgan fingerprint density at radius 2 is 1.23 bits per heavy atom. The molecule has 4 nitrogen and oxygen atoms in total. The van der Waals surface area contributed by atoms with Gasteiger partial charge in [0.15, 0.2) is 0 Å². The molecule has 0 spiro atoms. The summed E-state index contributed by atoms with van der Waals surface area (Å²) in [6.45, 7) is 3.04. The lowest BCUT2D eigenvalue weighted by Crippen LogP contribution is -2.29. The Morgan fingerprint density at radius 1 is 0.714 bits per heavy atom. The summed E-state index contributed by atoms with van der Waals surface area (Å²) in [6, 6.07) is 8.58. The van der Waals surface area contributed by atoms with Gasteiger partial charge < -0.3 is 16.0 Å². The largest absolute Gasteiger partial charge is 0.382 e. The summed E-state index contributed by atoms with van der Waals surface area (Å²) in [4.78, 5) is 12.2. The Hall–Kier alpha value is -1.71. The van der Waals surface area contributed by atoms with Crippen molar-refractivity contribution in [3.63, 3.8) is 0 Å². The molecule has 0 heterocycles. The number of hydrogen-bond donors (Lipinski definition) is 3. The highest BCUT2D eigenvalue weighted by molar-refractivity contribution is 5.89. The summed E-state index contributed by atoms with van der Waals surface area (Å²) >= 11 is 0. The molecule has 0 aromatic heterocycles. The topological polar surface area (TPSA) is 53.2 Å². The van der Waals surface area contributed by atoms with Crippen LogP contribution in [0, 0.1) is 0 Å². The van der Waals surface area contributed by atoms with Gasteiger partial charge in [-0.2, -0.15) is 0 Å². The second kappa shape index (κ2) is 20.5. The molecule has 200 valence electrons. The molecule has 0 aliphatic heterocycles. The van der Waals surface area contributed by atoms with Gasteiger partial charge in [-0.1, -0.05) is 129 Å². The van der Waals surface area contributed by atoms with Crippen LogP contribution in [0.15, 0.2) is 24.3 Å². The first-order valence-electron chi connectivity index (χ1n) is 15.2. The van der Waals surface area contributed by atoms with Gasteiger partial charge in [-0.05, 0) is 37.5 Å². The summed E-state index contributed by atoms with van der Waals surface area (Å²) in [5.74, 6) is 0. The van der Waals surface area contributed by atoms with Crippen LogP contribution in [0.5, 0.6) is 0 Å². The summed E-state index contributed by atoms with van der Waals surface area (Å²) < 4.78 is 0. The molecule has 4 heteroatoms. The number of nitrogens with one attached hydrogen (secondary N) is 3. The van der Waals surface area contributed by atoms with E-state index < -0.39 is 0 Å². The van der Waals surface area contributed by atoms with Crippen LogP contribution < -0.4 is 16.0 Å². The number of carbonyl (C=O) groups is 1. The van der Waals surface area contributed by atoms with Crippen molar-refractivity contribution in [2.24, 2.45) is 0 Å². The Labute approximate surface area is 216 Å². The van der Waals surface area contributed by atoms with Crippen LogP contribution in [0.25, 0.3) is 0 Å². The van der Waals surface area contributed by atoms with Crippen LogP contribution in [-0.2, 0) is 0 Å². The monoisotopic (exact) mass is 485 g/mol. The number of anilines is 2. The van der Waals surface area contributed by atoms with Gasteiger partial charge in [0.2, 0.25) is 0 Å². The number of hydrogen-bond acceptors (Lipinski definition) is 2. The number of urea groups is 1. The van der Waals surface area contributed by atoms with E-state index in [2.05, 4.69) is 28.9 Å². The van der Waals surface area contributed by atoms with Crippen molar-refractivity contribution in [2.75, 3.05) is 17.2 Å². The lowest BCUT2D eigenvalue weighted by Gasteiger charge is -2.24. The van der Waals surface area contributed by atoms with Crippen molar-refractivity contribution in [3.8, 4) is 0 Å². The maximum absolute atomic E-state index is 12.2. The molecule has 0 saturated heterocycles. The first kappa shape index (κ1) is 29.5. The molecule has 0 unspecified atom stereocenters. The van der Waals surface area contributed by atoms with E-state index in [4.69, 9.17) is 0 Å². The normalized spacial score (nSPS) is 14.1. The van der Waals surface area contributed by atoms with E-state index in [0.717, 1.165) is 24.3 Å². The number of benzene rings is 1. The summed E-state index contributed by atoms with van der Waals surface area (Å²) in [6.07, 6.45) is 28.4. The van der Waals surface area contributed by atoms with E-state index in [1.165, 1.54) is 128 Å². The van der Waals surface area contributed by atoms with E-state index in [1.807, 2.05) is 18.2 Å². The molecule has 35 heavy (non-hydrogen) atoms. The van der Waals surface area contributed by atoms with Crippen molar-refractivity contribution >= 4 is 17.4 Å². The van der Waals surface area contributed by atoms with Gasteiger partial charge in [-0.15, -0.1) is 0 Å². The molecule has 1 fully saturated rings. The fraction of sp³-hybridized carbons (Fsp3) is 0.774. The molecule has 0 atom stereocenters. The number of amides is 2. The van der Waals surface area contributed by atoms with E-state index >= 15 is 0 Å². The summed E-state index contributed by atoms with van der Waals surface area (Å²) in [7, 11) is 0. The third kappa shape index (κ3) is 15.8. The van der Waals surface area contributed by atoms with Crippen molar-refractivity contribution in [3.05, 3.63) is 24.3 Å². The minimum atomic E-state index is -0.0965. The average molecular weight is 486 g/mol. The van der Waals surface area contributed by atoms with Gasteiger partial charge in [-0.25, -0.2) is 4.79 Å². The zero-order valence-electron chi connectivity index (χ0n) is 22.9. The molecule has 1 saturated carbocycles. The fourth-order valence-electron chi connectivity index (χ4n) is 5.22. The second-order valence-electron chi connectivity index (χ2n) is 10.7. The smallest absolute Gasteiger partial charge is 0.319 e. The first-order chi connectivity index (χ1) is 17.3. The molecule has 1 aliphatic carbocycles. The SMILES string of the molecule is CCCCCCCCCCCCCCCCCCNC(=O)Nc1cccc(NC2CCCCC2)c1. The molecule has 1 aromatic carbocycles. The predicted octanol–water partition coefficient (Wildman–Crippen LogP) is 9.81. The Bertz CT molecular complexity index is 642. The van der Waals surface area contributed by atoms with Gasteiger partial charge in [-0.3, -0.25) is 0 Å². The zero-order valence-corrected chi connectivity index (χ0v) is 22.9. The van der Waals surface area contributed by atoms with Gasteiger partial charge >= 0.3 is 6.03 Å². The Balaban J connectivity index is 1.37. The second-order valence-corrected chi connectivity index (χ2v) is 10.7. The minimum Gasteiger partial charge on any atom is -0.382 e. The van der Waals surface area contributed by atoms with Crippen LogP contribution in [0.4, 0.5) is 16.2 Å². The van der Waals surface area contributed by atoms with Gasteiger partial charge in [0.05, 0.1) is 0 Å². The van der Waals surface area contributed by atoms with E-state index in [0.29, 0.717) is 6.04 Å². The molecule has 3 N–H and O–H groups in total. The maximum atomic E-state index is 12.2. The molecule has 0 radical (unpaired) electrons. The number of rotatable bonds is 20. The first-order valence-corrected chi connectivity index (χ1v) is 15.2. The maximum Gasteiger partial charge on any atom is 0.319 e. The Morgan fingerprint density at radius 3 is 1.80 bits per heavy atom. The van der Waals surface area contributed by atoms with Gasteiger partial charge in [0.1, 0.15) is 0 Å². The van der Waals surface area contributed by atoms with Crippen molar-refractivity contribution in [2.45, 2.75) is 148 Å². The molecule has 2 amide bonds. The molecular formula is C31H55N3O. The highest BCUT2D eigenvalue weighted by atomic mass is 16.2. The lowest BCUT2D eigenvalue weighted by atomic mass is 9.95. The average Bonchev–Trinajstić information content (AvgIpc) is 2.87. The molecule has 1 aliphatic rings. The molecule has 1 aromatic rings. The third-order valence-electron chi connectivity index (χ3n) is 7.41. The van der Waals surface area contributed by atoms with Gasteiger partial charge in [0.25, 0.3) is 0 Å². The van der Waals surface area contributed by atoms with Crippen LogP contribution in [0.1, 0.15) is 142 Å². The highest BCUT2D eigenvalue weighted by Crippen LogP contribution is 2.23. The lowest BCUT2D eigenvalue weighted by molar-refractivity contribution is 0.252. The van der Waals surface area contributed by atoms with Crippen molar-refractivity contribution < 1.29 is 4.79 Å². The van der Waals surface area contributed by atoms with Crippen LogP contribution in [0.3, 0.4) is 0 Å². The quantitative estimate of drug-likeness (QED) is 0.161. The Kier molecular flexibility index (Phi) is 17.3. The van der Waals surface area contributed by atoms with Crippen LogP contribution in [0.2, 0.25) is 0 Å². The number of unbranched alkanes of at least 4 members (excludes halogenated alkanes) is 15. The zero-order chi connectivity index (χ0) is 24.8. The molecular weight excluding hydrogens is 430 g/mol. The van der Waals surface area contributed by atoms with Crippen molar-refractivity contribution in [1.29, 1.82) is 0 Å². The van der Waals surface area contributed by atoms with Crippen LogP contribution in [-0.4, -0.2) is 18.6 Å². The standard InChI is InChI=1S/C31H55N3O/c1-2-3-4-5-6-7-8-9-10-11-12-13-14-15-16-20-26-32-31(35)34-30-25-21-24-29(27-30)33-28-22-18-17-19-23-28/h21,24-25,27-28,33H,2-20,22-23,26H2,1H3,(H2,32,34,35). The third-order valence-corrected chi connectivity index (χ3v) is 7.41. The minimum absolute atomic E-state index is 0.0965. The summed E-state index contributed by atoms with van der Waals surface area (Å²) in [5.41, 5.74) is 1.96. The van der Waals surface area contributed by atoms with Crippen LogP contribution >= 0.6 is 0 Å². The predicted molar refractivity (Wildman–Crippen MR) is 154 cm³/mol.